The highest BCUT2D eigenvalue weighted by Gasteiger charge is 2.27. The van der Waals surface area contributed by atoms with Crippen LogP contribution in [0.1, 0.15) is 11.9 Å². The molecule has 0 bridgehead atoms. The first kappa shape index (κ1) is 10.3. The molecule has 6 heteroatoms. The van der Waals surface area contributed by atoms with E-state index in [1.807, 2.05) is 18.6 Å². The summed E-state index contributed by atoms with van der Waals surface area (Å²) in [5, 5.41) is 2.82. The summed E-state index contributed by atoms with van der Waals surface area (Å²) in [7, 11) is 0. The first-order valence-corrected chi connectivity index (χ1v) is 5.75. The number of thiazole rings is 1. The molecule has 1 unspecified atom stereocenters. The van der Waals surface area contributed by atoms with Crippen LogP contribution in [0.3, 0.4) is 0 Å². The molecule has 0 aliphatic carbocycles. The van der Waals surface area contributed by atoms with Crippen LogP contribution in [0.25, 0.3) is 0 Å². The molecule has 1 atom stereocenters. The van der Waals surface area contributed by atoms with Crippen molar-refractivity contribution in [3.63, 3.8) is 0 Å². The van der Waals surface area contributed by atoms with Crippen molar-refractivity contribution in [3.05, 3.63) is 16.6 Å². The van der Waals surface area contributed by atoms with Gasteiger partial charge in [-0.05, 0) is 13.2 Å². The Morgan fingerprint density at radius 1 is 1.69 bits per heavy atom. The van der Waals surface area contributed by atoms with Crippen LogP contribution in [0.2, 0.25) is 0 Å². The molecule has 0 fully saturated rings. The monoisotopic (exact) mass is 216 g/mol. The normalized spacial score (nSPS) is 14.9. The molecule has 4 N–H and O–H groups in total. The number of aliphatic imine (C=N–C) groups is 1. The average Bonchev–Trinajstić information content (AvgIpc) is 2.55. The van der Waals surface area contributed by atoms with Crippen LogP contribution in [0, 0.1) is 0 Å². The maximum atomic E-state index is 5.35. The van der Waals surface area contributed by atoms with Crippen molar-refractivity contribution in [2.24, 2.45) is 16.5 Å². The van der Waals surface area contributed by atoms with E-state index < -0.39 is 4.87 Å². The molecule has 72 valence electrons. The number of thioether (sulfide) groups is 1. The summed E-state index contributed by atoms with van der Waals surface area (Å²) < 4.78 is 0. The molecule has 1 aromatic rings. The standard InChI is InChI=1S/C7H12N4S2/c1-7(12-2,11-6(8)9)5-10-3-4-13-5/h3-4H,1-2H3,(H4,8,9,11). The van der Waals surface area contributed by atoms with Gasteiger partial charge in [0.1, 0.15) is 5.01 Å². The van der Waals surface area contributed by atoms with Crippen LogP contribution in [0.4, 0.5) is 0 Å². The van der Waals surface area contributed by atoms with Gasteiger partial charge in [-0.15, -0.1) is 23.1 Å². The number of nitrogens with zero attached hydrogens (tertiary/aromatic N) is 2. The van der Waals surface area contributed by atoms with Crippen molar-refractivity contribution in [1.29, 1.82) is 0 Å². The van der Waals surface area contributed by atoms with Gasteiger partial charge in [0.15, 0.2) is 10.8 Å². The van der Waals surface area contributed by atoms with E-state index in [1.54, 1.807) is 29.3 Å². The lowest BCUT2D eigenvalue weighted by atomic mass is 10.3. The Hall–Kier alpha value is -0.750. The highest BCUT2D eigenvalue weighted by atomic mass is 32.2. The van der Waals surface area contributed by atoms with Crippen LogP contribution in [-0.2, 0) is 4.87 Å². The van der Waals surface area contributed by atoms with E-state index in [0.717, 1.165) is 5.01 Å². The topological polar surface area (TPSA) is 77.3 Å². The Labute approximate surface area is 85.4 Å². The van der Waals surface area contributed by atoms with Gasteiger partial charge in [-0.25, -0.2) is 9.98 Å². The summed E-state index contributed by atoms with van der Waals surface area (Å²) in [6.07, 6.45) is 3.70. The molecule has 0 aliphatic heterocycles. The quantitative estimate of drug-likeness (QED) is 0.582. The van der Waals surface area contributed by atoms with Crippen molar-refractivity contribution < 1.29 is 0 Å². The second-order valence-corrected chi connectivity index (χ2v) is 4.66. The van der Waals surface area contributed by atoms with E-state index in [0.29, 0.717) is 0 Å². The second-order valence-electron chi connectivity index (χ2n) is 2.56. The SMILES string of the molecule is CSC(C)(N=C(N)N)c1nccs1. The molecule has 1 aromatic heterocycles. The number of aromatic nitrogens is 1. The van der Waals surface area contributed by atoms with E-state index in [9.17, 15) is 0 Å². The predicted octanol–water partition coefficient (Wildman–Crippen LogP) is 0.952. The number of rotatable bonds is 3. The van der Waals surface area contributed by atoms with Gasteiger partial charge in [-0.3, -0.25) is 0 Å². The smallest absolute Gasteiger partial charge is 0.187 e. The van der Waals surface area contributed by atoms with E-state index in [4.69, 9.17) is 11.5 Å². The molecule has 4 nitrogen and oxygen atoms in total. The fraction of sp³-hybridized carbons (Fsp3) is 0.429. The minimum absolute atomic E-state index is 0.0899. The average molecular weight is 216 g/mol. The number of guanidine groups is 1. The summed E-state index contributed by atoms with van der Waals surface area (Å²) in [5.74, 6) is 0.0899. The van der Waals surface area contributed by atoms with Gasteiger partial charge in [0.05, 0.1) is 0 Å². The fourth-order valence-electron chi connectivity index (χ4n) is 0.880. The lowest BCUT2D eigenvalue weighted by molar-refractivity contribution is 0.731. The molecule has 0 saturated carbocycles. The minimum Gasteiger partial charge on any atom is -0.370 e. The van der Waals surface area contributed by atoms with Gasteiger partial charge in [0, 0.05) is 11.6 Å². The van der Waals surface area contributed by atoms with E-state index in [2.05, 4.69) is 9.98 Å². The Morgan fingerprint density at radius 3 is 2.77 bits per heavy atom. The molecule has 0 aromatic carbocycles. The summed E-state index contributed by atoms with van der Waals surface area (Å²) in [6, 6.07) is 0. The molecule has 0 saturated heterocycles. The minimum atomic E-state index is -0.451. The molecule has 1 rings (SSSR count). The van der Waals surface area contributed by atoms with Crippen molar-refractivity contribution >= 4 is 29.1 Å². The molecule has 1 heterocycles. The highest BCUT2D eigenvalue weighted by molar-refractivity contribution is 7.99. The van der Waals surface area contributed by atoms with Gasteiger partial charge in [0.2, 0.25) is 0 Å². The largest absolute Gasteiger partial charge is 0.370 e. The van der Waals surface area contributed by atoms with Crippen LogP contribution < -0.4 is 11.5 Å². The number of hydrogen-bond donors (Lipinski definition) is 2. The van der Waals surface area contributed by atoms with E-state index in [1.165, 1.54) is 0 Å². The lowest BCUT2D eigenvalue weighted by Gasteiger charge is -2.19. The number of nitrogens with two attached hydrogens (primary N) is 2. The molecule has 0 aliphatic rings. The molecule has 0 amide bonds. The third kappa shape index (κ3) is 2.35. The van der Waals surface area contributed by atoms with Crippen LogP contribution in [0.5, 0.6) is 0 Å². The second kappa shape index (κ2) is 3.97. The van der Waals surface area contributed by atoms with Crippen LogP contribution in [-0.4, -0.2) is 17.2 Å². The lowest BCUT2D eigenvalue weighted by Crippen LogP contribution is -2.28. The zero-order valence-corrected chi connectivity index (χ0v) is 9.15. The molecule has 0 spiro atoms. The van der Waals surface area contributed by atoms with Gasteiger partial charge >= 0.3 is 0 Å². The Balaban J connectivity index is 3.01. The highest BCUT2D eigenvalue weighted by Crippen LogP contribution is 2.36. The molecule has 13 heavy (non-hydrogen) atoms. The van der Waals surface area contributed by atoms with E-state index in [-0.39, 0.29) is 5.96 Å². The predicted molar refractivity (Wildman–Crippen MR) is 58.8 cm³/mol. The fourth-order valence-corrected chi connectivity index (χ4v) is 2.33. The zero-order valence-electron chi connectivity index (χ0n) is 7.52. The third-order valence-corrected chi connectivity index (χ3v) is 3.76. The van der Waals surface area contributed by atoms with Gasteiger partial charge < -0.3 is 11.5 Å². The van der Waals surface area contributed by atoms with Crippen LogP contribution in [0.15, 0.2) is 16.6 Å². The zero-order chi connectivity index (χ0) is 9.90. The maximum Gasteiger partial charge on any atom is 0.187 e. The summed E-state index contributed by atoms with van der Waals surface area (Å²) in [4.78, 5) is 7.89. The molecular formula is C7H12N4S2. The molecular weight excluding hydrogens is 204 g/mol. The van der Waals surface area contributed by atoms with Gasteiger partial charge in [-0.2, -0.15) is 0 Å². The Kier molecular flexibility index (Phi) is 3.16. The third-order valence-electron chi connectivity index (χ3n) is 1.57. The Bertz CT molecular complexity index is 291. The van der Waals surface area contributed by atoms with Crippen molar-refractivity contribution in [1.82, 2.24) is 4.98 Å². The number of hydrogen-bond acceptors (Lipinski definition) is 4. The summed E-state index contributed by atoms with van der Waals surface area (Å²) >= 11 is 3.10. The first-order valence-electron chi connectivity index (χ1n) is 3.64. The summed E-state index contributed by atoms with van der Waals surface area (Å²) in [5.41, 5.74) is 10.7. The van der Waals surface area contributed by atoms with E-state index >= 15 is 0 Å². The summed E-state index contributed by atoms with van der Waals surface area (Å²) in [6.45, 7) is 1.94. The van der Waals surface area contributed by atoms with Gasteiger partial charge in [0.25, 0.3) is 0 Å². The van der Waals surface area contributed by atoms with Crippen molar-refractivity contribution in [2.45, 2.75) is 11.8 Å². The molecule has 0 radical (unpaired) electrons. The van der Waals surface area contributed by atoms with Crippen molar-refractivity contribution in [2.75, 3.05) is 6.26 Å². The Morgan fingerprint density at radius 2 is 2.38 bits per heavy atom. The first-order chi connectivity index (χ1) is 6.08. The van der Waals surface area contributed by atoms with Gasteiger partial charge in [-0.1, -0.05) is 0 Å². The maximum absolute atomic E-state index is 5.35. The van der Waals surface area contributed by atoms with Crippen LogP contribution >= 0.6 is 23.1 Å². The van der Waals surface area contributed by atoms with Crippen molar-refractivity contribution in [3.8, 4) is 0 Å².